The summed E-state index contributed by atoms with van der Waals surface area (Å²) < 4.78 is 33.8. The Morgan fingerprint density at radius 3 is 2.14 bits per heavy atom. The van der Waals surface area contributed by atoms with E-state index in [0.717, 1.165) is 24.8 Å². The zero-order chi connectivity index (χ0) is 21.9. The number of hydrogen-bond donors (Lipinski definition) is 2. The molecule has 1 fully saturated rings. The molecular weight excluding hydrogens is 392 g/mol. The normalized spacial score (nSPS) is 18.0. The monoisotopic (exact) mass is 424 g/mol. The molecule has 2 N–H and O–H groups in total. The average molecular weight is 425 g/mol. The maximum Gasteiger partial charge on any atom is 0.328 e. The minimum atomic E-state index is -3.89. The van der Waals surface area contributed by atoms with Gasteiger partial charge in [-0.25, -0.2) is 13.2 Å². The van der Waals surface area contributed by atoms with Crippen molar-refractivity contribution in [2.75, 3.05) is 0 Å². The number of nitrogens with one attached hydrogen (secondary N) is 2. The van der Waals surface area contributed by atoms with Crippen LogP contribution in [0.4, 0.5) is 0 Å². The van der Waals surface area contributed by atoms with Gasteiger partial charge in [0.1, 0.15) is 17.2 Å². The number of carbonyl (C=O) groups is 2. The highest BCUT2D eigenvalue weighted by atomic mass is 32.2. The SMILES string of the molecule is Cc1ccc(S(=O)(=O)NC2(C(=O)N[C@H](C)C(=O)OC(C)(C)C)CCCCC2)cc1. The molecule has 0 radical (unpaired) electrons. The molecule has 0 spiro atoms. The Morgan fingerprint density at radius 2 is 1.62 bits per heavy atom. The number of sulfonamides is 1. The molecule has 1 amide bonds. The number of amides is 1. The molecule has 1 aliphatic rings. The predicted octanol–water partition coefficient (Wildman–Crippen LogP) is 2.82. The summed E-state index contributed by atoms with van der Waals surface area (Å²) in [4.78, 5) is 25.5. The molecule has 1 aliphatic carbocycles. The highest BCUT2D eigenvalue weighted by molar-refractivity contribution is 7.89. The van der Waals surface area contributed by atoms with Crippen molar-refractivity contribution in [3.63, 3.8) is 0 Å². The van der Waals surface area contributed by atoms with E-state index in [1.807, 2.05) is 6.92 Å². The lowest BCUT2D eigenvalue weighted by atomic mass is 9.81. The lowest BCUT2D eigenvalue weighted by Gasteiger charge is -2.37. The molecule has 1 saturated carbocycles. The van der Waals surface area contributed by atoms with Crippen LogP contribution in [0, 0.1) is 6.92 Å². The molecule has 0 aromatic heterocycles. The van der Waals surface area contributed by atoms with Gasteiger partial charge in [0.25, 0.3) is 0 Å². The molecule has 7 nitrogen and oxygen atoms in total. The minimum Gasteiger partial charge on any atom is -0.458 e. The highest BCUT2D eigenvalue weighted by Gasteiger charge is 2.44. The molecule has 0 unspecified atom stereocenters. The Balaban J connectivity index is 2.22. The van der Waals surface area contributed by atoms with E-state index in [0.29, 0.717) is 12.8 Å². The first kappa shape index (κ1) is 23.3. The molecule has 2 rings (SSSR count). The van der Waals surface area contributed by atoms with Crippen LogP contribution in [0.5, 0.6) is 0 Å². The van der Waals surface area contributed by atoms with Crippen LogP contribution in [0.3, 0.4) is 0 Å². The first-order valence-electron chi connectivity index (χ1n) is 9.99. The van der Waals surface area contributed by atoms with Gasteiger partial charge in [0, 0.05) is 0 Å². The van der Waals surface area contributed by atoms with Gasteiger partial charge in [0.15, 0.2) is 0 Å². The van der Waals surface area contributed by atoms with Gasteiger partial charge in [-0.05, 0) is 59.6 Å². The number of benzene rings is 1. The van der Waals surface area contributed by atoms with E-state index in [1.54, 1.807) is 32.9 Å². The van der Waals surface area contributed by atoms with Crippen molar-refractivity contribution >= 4 is 21.9 Å². The van der Waals surface area contributed by atoms with E-state index >= 15 is 0 Å². The number of rotatable bonds is 6. The van der Waals surface area contributed by atoms with Crippen molar-refractivity contribution in [2.45, 2.75) is 88.8 Å². The van der Waals surface area contributed by atoms with Gasteiger partial charge < -0.3 is 10.1 Å². The number of carbonyl (C=O) groups excluding carboxylic acids is 2. The van der Waals surface area contributed by atoms with Gasteiger partial charge in [-0.3, -0.25) is 4.79 Å². The molecule has 1 aromatic carbocycles. The largest absolute Gasteiger partial charge is 0.458 e. The summed E-state index contributed by atoms with van der Waals surface area (Å²) in [5.41, 5.74) is -1.01. The van der Waals surface area contributed by atoms with Crippen LogP contribution in [-0.2, 0) is 24.3 Å². The number of hydrogen-bond acceptors (Lipinski definition) is 5. The van der Waals surface area contributed by atoms with Crippen molar-refractivity contribution in [1.82, 2.24) is 10.0 Å². The molecule has 0 aliphatic heterocycles. The zero-order valence-electron chi connectivity index (χ0n) is 17.9. The second-order valence-electron chi connectivity index (χ2n) is 8.79. The quantitative estimate of drug-likeness (QED) is 0.684. The molecule has 0 heterocycles. The van der Waals surface area contributed by atoms with Crippen LogP contribution < -0.4 is 10.0 Å². The van der Waals surface area contributed by atoms with E-state index in [4.69, 9.17) is 4.74 Å². The Kier molecular flexibility index (Phi) is 7.11. The van der Waals surface area contributed by atoms with Crippen LogP contribution in [-0.4, -0.2) is 37.5 Å². The van der Waals surface area contributed by atoms with E-state index in [2.05, 4.69) is 10.0 Å². The number of ether oxygens (including phenoxy) is 1. The fraction of sp³-hybridized carbons (Fsp3) is 0.619. The molecule has 0 bridgehead atoms. The van der Waals surface area contributed by atoms with Gasteiger partial charge in [0.05, 0.1) is 4.90 Å². The van der Waals surface area contributed by atoms with Gasteiger partial charge in [-0.2, -0.15) is 4.72 Å². The van der Waals surface area contributed by atoms with Crippen molar-refractivity contribution in [3.05, 3.63) is 29.8 Å². The summed E-state index contributed by atoms with van der Waals surface area (Å²) in [7, 11) is -3.89. The van der Waals surface area contributed by atoms with Crippen LogP contribution in [0.2, 0.25) is 0 Å². The van der Waals surface area contributed by atoms with Crippen molar-refractivity contribution in [1.29, 1.82) is 0 Å². The zero-order valence-corrected chi connectivity index (χ0v) is 18.7. The molecule has 29 heavy (non-hydrogen) atoms. The second kappa shape index (κ2) is 8.83. The summed E-state index contributed by atoms with van der Waals surface area (Å²) in [6.45, 7) is 8.66. The molecule has 1 aromatic rings. The van der Waals surface area contributed by atoms with Crippen LogP contribution >= 0.6 is 0 Å². The van der Waals surface area contributed by atoms with E-state index in [-0.39, 0.29) is 4.90 Å². The Bertz CT molecular complexity index is 835. The fourth-order valence-corrected chi connectivity index (χ4v) is 4.77. The highest BCUT2D eigenvalue weighted by Crippen LogP contribution is 2.30. The molecule has 162 valence electrons. The van der Waals surface area contributed by atoms with Gasteiger partial charge in [-0.15, -0.1) is 0 Å². The summed E-state index contributed by atoms with van der Waals surface area (Å²) in [6.07, 6.45) is 3.15. The topological polar surface area (TPSA) is 102 Å². The minimum absolute atomic E-state index is 0.112. The maximum atomic E-state index is 13.1. The van der Waals surface area contributed by atoms with Gasteiger partial charge in [-0.1, -0.05) is 37.0 Å². The van der Waals surface area contributed by atoms with Crippen molar-refractivity contribution < 1.29 is 22.7 Å². The van der Waals surface area contributed by atoms with Gasteiger partial charge >= 0.3 is 5.97 Å². The summed E-state index contributed by atoms with van der Waals surface area (Å²) in [6, 6.07) is 5.59. The predicted molar refractivity (Wildman–Crippen MR) is 111 cm³/mol. The van der Waals surface area contributed by atoms with Crippen molar-refractivity contribution in [3.8, 4) is 0 Å². The average Bonchev–Trinajstić information content (AvgIpc) is 2.61. The standard InChI is InChI=1S/C21H32N2O5S/c1-15-9-11-17(12-10-15)29(26,27)23-21(13-7-6-8-14-21)19(25)22-16(2)18(24)28-20(3,4)5/h9-12,16,23H,6-8,13-14H2,1-5H3,(H,22,25)/t16-/m1/s1. The summed E-state index contributed by atoms with van der Waals surface area (Å²) in [5.74, 6) is -1.05. The van der Waals surface area contributed by atoms with Gasteiger partial charge in [0.2, 0.25) is 15.9 Å². The lowest BCUT2D eigenvalue weighted by Crippen LogP contribution is -2.61. The Labute approximate surface area is 173 Å². The molecule has 8 heteroatoms. The Hall–Kier alpha value is -1.93. The molecule has 1 atom stereocenters. The van der Waals surface area contributed by atoms with Crippen LogP contribution in [0.25, 0.3) is 0 Å². The van der Waals surface area contributed by atoms with Crippen molar-refractivity contribution in [2.24, 2.45) is 0 Å². The first-order chi connectivity index (χ1) is 13.3. The number of esters is 1. The maximum absolute atomic E-state index is 13.1. The van der Waals surface area contributed by atoms with E-state index in [9.17, 15) is 18.0 Å². The third-order valence-electron chi connectivity index (χ3n) is 4.91. The number of aryl methyl sites for hydroxylation is 1. The summed E-state index contributed by atoms with van der Waals surface area (Å²) in [5, 5.41) is 2.66. The van der Waals surface area contributed by atoms with Crippen LogP contribution in [0.15, 0.2) is 29.2 Å². The fourth-order valence-electron chi connectivity index (χ4n) is 3.35. The van der Waals surface area contributed by atoms with E-state index < -0.39 is 39.1 Å². The third-order valence-corrected chi connectivity index (χ3v) is 6.46. The first-order valence-corrected chi connectivity index (χ1v) is 11.5. The smallest absolute Gasteiger partial charge is 0.328 e. The second-order valence-corrected chi connectivity index (χ2v) is 10.5. The molecular formula is C21H32N2O5S. The third kappa shape index (κ3) is 6.27. The molecule has 0 saturated heterocycles. The van der Waals surface area contributed by atoms with Crippen LogP contribution in [0.1, 0.15) is 65.4 Å². The van der Waals surface area contributed by atoms with E-state index in [1.165, 1.54) is 19.1 Å². The summed E-state index contributed by atoms with van der Waals surface area (Å²) >= 11 is 0. The lowest BCUT2D eigenvalue weighted by molar-refractivity contribution is -0.158. The Morgan fingerprint density at radius 1 is 1.07 bits per heavy atom.